The Kier molecular flexibility index (Phi) is 5.55. The number of nitrogens with two attached hydrogens (primary N) is 1. The van der Waals surface area contributed by atoms with E-state index in [4.69, 9.17) is 10.5 Å². The van der Waals surface area contributed by atoms with E-state index in [1.165, 1.54) is 25.3 Å². The van der Waals surface area contributed by atoms with Crippen molar-refractivity contribution in [2.75, 3.05) is 33.4 Å². The molecule has 1 aromatic carbocycles. The first kappa shape index (κ1) is 19.8. The van der Waals surface area contributed by atoms with Gasteiger partial charge >= 0.3 is 0 Å². The highest BCUT2D eigenvalue weighted by Crippen LogP contribution is 2.32. The Balaban J connectivity index is 1.93. The summed E-state index contributed by atoms with van der Waals surface area (Å²) in [5, 5.41) is 0. The summed E-state index contributed by atoms with van der Waals surface area (Å²) >= 11 is 0. The van der Waals surface area contributed by atoms with Gasteiger partial charge < -0.3 is 15.4 Å². The summed E-state index contributed by atoms with van der Waals surface area (Å²) in [4.78, 5) is 27.0. The van der Waals surface area contributed by atoms with Crippen LogP contribution < -0.4 is 5.73 Å². The van der Waals surface area contributed by atoms with Crippen molar-refractivity contribution < 1.29 is 22.7 Å². The molecular weight excluding hydrogens is 370 g/mol. The number of carbonyl (C=O) groups excluding carboxylic acids is 2. The first-order valence-corrected chi connectivity index (χ1v) is 10.5. The summed E-state index contributed by atoms with van der Waals surface area (Å²) in [6.45, 7) is 3.06. The molecule has 0 saturated carbocycles. The molecule has 27 heavy (non-hydrogen) atoms. The number of nitrogens with zero attached hydrogens (tertiary/aromatic N) is 2. The highest BCUT2D eigenvalue weighted by atomic mass is 32.2. The minimum atomic E-state index is -3.98. The molecule has 2 atom stereocenters. The van der Waals surface area contributed by atoms with Crippen molar-refractivity contribution in [2.45, 2.75) is 30.7 Å². The number of carbonyl (C=O) groups is 2. The van der Waals surface area contributed by atoms with E-state index < -0.39 is 15.9 Å². The molecule has 9 heteroatoms. The second-order valence-electron chi connectivity index (χ2n) is 7.01. The quantitative estimate of drug-likeness (QED) is 0.785. The largest absolute Gasteiger partial charge is 0.383 e. The Labute approximate surface area is 159 Å². The van der Waals surface area contributed by atoms with Gasteiger partial charge in [0.05, 0.1) is 18.7 Å². The van der Waals surface area contributed by atoms with Gasteiger partial charge in [-0.3, -0.25) is 9.59 Å². The van der Waals surface area contributed by atoms with Crippen LogP contribution in [0.4, 0.5) is 0 Å². The number of rotatable bonds is 5. The van der Waals surface area contributed by atoms with Crippen LogP contribution in [0.5, 0.6) is 0 Å². The van der Waals surface area contributed by atoms with Crippen molar-refractivity contribution in [1.29, 1.82) is 0 Å². The van der Waals surface area contributed by atoms with Crippen molar-refractivity contribution in [3.05, 3.63) is 29.3 Å². The fourth-order valence-electron chi connectivity index (χ4n) is 3.83. The molecular formula is C18H25N3O5S. The standard InChI is InChI=1S/C18H25N3O5S/c1-12-4-3-7-20(15(12)11-19)17(22)13-5-6-14-16(10-13)27(24,25)21(18(14)23)8-9-26-2/h5-6,10,12,15H,3-4,7-9,11,19H2,1-2H3/t12-,15+/m0/s1. The molecule has 0 radical (unpaired) electrons. The Morgan fingerprint density at radius 3 is 2.78 bits per heavy atom. The van der Waals surface area contributed by atoms with Crippen LogP contribution in [0.2, 0.25) is 0 Å². The molecule has 1 fully saturated rings. The number of ether oxygens (including phenoxy) is 1. The van der Waals surface area contributed by atoms with E-state index in [-0.39, 0.29) is 47.0 Å². The molecule has 2 aliphatic heterocycles. The van der Waals surface area contributed by atoms with Gasteiger partial charge in [-0.1, -0.05) is 6.92 Å². The van der Waals surface area contributed by atoms with Crippen molar-refractivity contribution in [3.8, 4) is 0 Å². The summed E-state index contributed by atoms with van der Waals surface area (Å²) in [6.07, 6.45) is 1.89. The van der Waals surface area contributed by atoms with E-state index in [9.17, 15) is 18.0 Å². The normalized spacial score (nSPS) is 24.2. The first-order chi connectivity index (χ1) is 12.8. The number of benzene rings is 1. The van der Waals surface area contributed by atoms with E-state index >= 15 is 0 Å². The predicted octanol–water partition coefficient (Wildman–Crippen LogP) is 0.677. The first-order valence-electron chi connectivity index (χ1n) is 9.04. The van der Waals surface area contributed by atoms with Gasteiger partial charge in [-0.15, -0.1) is 0 Å². The Hall–Kier alpha value is -1.97. The maximum atomic E-state index is 13.0. The van der Waals surface area contributed by atoms with Gasteiger partial charge in [0, 0.05) is 31.8 Å². The summed E-state index contributed by atoms with van der Waals surface area (Å²) in [6, 6.07) is 4.17. The molecule has 8 nitrogen and oxygen atoms in total. The monoisotopic (exact) mass is 395 g/mol. The van der Waals surface area contributed by atoms with E-state index in [2.05, 4.69) is 6.92 Å². The van der Waals surface area contributed by atoms with E-state index in [1.54, 1.807) is 4.90 Å². The molecule has 1 aromatic rings. The number of sulfonamides is 1. The Bertz CT molecular complexity index is 855. The van der Waals surface area contributed by atoms with Crippen molar-refractivity contribution in [3.63, 3.8) is 0 Å². The molecule has 0 aromatic heterocycles. The lowest BCUT2D eigenvalue weighted by molar-refractivity contribution is 0.0532. The third kappa shape index (κ3) is 3.35. The van der Waals surface area contributed by atoms with Gasteiger partial charge in [-0.25, -0.2) is 12.7 Å². The predicted molar refractivity (Wildman–Crippen MR) is 98.8 cm³/mol. The molecule has 0 spiro atoms. The van der Waals surface area contributed by atoms with Gasteiger partial charge in [0.15, 0.2) is 0 Å². The molecule has 2 amide bonds. The second-order valence-corrected chi connectivity index (χ2v) is 8.84. The van der Waals surface area contributed by atoms with Crippen LogP contribution in [0.3, 0.4) is 0 Å². The number of hydrogen-bond acceptors (Lipinski definition) is 6. The summed E-state index contributed by atoms with van der Waals surface area (Å²) < 4.78 is 31.1. The van der Waals surface area contributed by atoms with E-state index in [1.807, 2.05) is 0 Å². The molecule has 148 valence electrons. The Morgan fingerprint density at radius 2 is 2.11 bits per heavy atom. The fourth-order valence-corrected chi connectivity index (χ4v) is 5.41. The minimum absolute atomic E-state index is 0.0610. The summed E-state index contributed by atoms with van der Waals surface area (Å²) in [7, 11) is -2.54. The van der Waals surface area contributed by atoms with Crippen LogP contribution in [0.1, 0.15) is 40.5 Å². The van der Waals surface area contributed by atoms with Crippen LogP contribution in [0.15, 0.2) is 23.1 Å². The molecule has 1 saturated heterocycles. The van der Waals surface area contributed by atoms with Gasteiger partial charge in [0.25, 0.3) is 21.8 Å². The number of piperidine rings is 1. The van der Waals surface area contributed by atoms with Crippen LogP contribution in [-0.2, 0) is 14.8 Å². The smallest absolute Gasteiger partial charge is 0.269 e. The molecule has 2 aliphatic rings. The number of likely N-dealkylation sites (tertiary alicyclic amines) is 1. The lowest BCUT2D eigenvalue weighted by Gasteiger charge is -2.39. The highest BCUT2D eigenvalue weighted by molar-refractivity contribution is 7.90. The lowest BCUT2D eigenvalue weighted by atomic mass is 9.90. The van der Waals surface area contributed by atoms with Crippen LogP contribution >= 0.6 is 0 Å². The zero-order chi connectivity index (χ0) is 19.8. The van der Waals surface area contributed by atoms with Crippen LogP contribution in [-0.4, -0.2) is 68.8 Å². The van der Waals surface area contributed by atoms with Crippen LogP contribution in [0.25, 0.3) is 0 Å². The number of fused-ring (bicyclic) bond motifs is 1. The number of hydrogen-bond donors (Lipinski definition) is 1. The summed E-state index contributed by atoms with van der Waals surface area (Å²) in [5.74, 6) is -0.553. The molecule has 0 bridgehead atoms. The SMILES string of the molecule is COCCN1C(=O)c2ccc(C(=O)N3CCC[C@H](C)[C@H]3CN)cc2S1(=O)=O. The van der Waals surface area contributed by atoms with Crippen molar-refractivity contribution in [2.24, 2.45) is 11.7 Å². The average molecular weight is 395 g/mol. The van der Waals surface area contributed by atoms with Crippen molar-refractivity contribution >= 4 is 21.8 Å². The van der Waals surface area contributed by atoms with Gasteiger partial charge in [-0.05, 0) is 37.0 Å². The Morgan fingerprint density at radius 1 is 1.37 bits per heavy atom. The maximum Gasteiger partial charge on any atom is 0.269 e. The zero-order valence-electron chi connectivity index (χ0n) is 15.6. The molecule has 0 aliphatic carbocycles. The van der Waals surface area contributed by atoms with Gasteiger partial charge in [-0.2, -0.15) is 0 Å². The van der Waals surface area contributed by atoms with Crippen molar-refractivity contribution in [1.82, 2.24) is 9.21 Å². The average Bonchev–Trinajstić information content (AvgIpc) is 2.84. The van der Waals surface area contributed by atoms with E-state index in [0.29, 0.717) is 13.1 Å². The zero-order valence-corrected chi connectivity index (χ0v) is 16.4. The number of methoxy groups -OCH3 is 1. The summed E-state index contributed by atoms with van der Waals surface area (Å²) in [5.41, 5.74) is 6.21. The maximum absolute atomic E-state index is 13.0. The van der Waals surface area contributed by atoms with Crippen LogP contribution in [0, 0.1) is 5.92 Å². The molecule has 2 N–H and O–H groups in total. The highest BCUT2D eigenvalue weighted by Gasteiger charge is 2.42. The molecule has 3 rings (SSSR count). The third-order valence-corrected chi connectivity index (χ3v) is 7.19. The second kappa shape index (κ2) is 7.57. The number of amides is 2. The van der Waals surface area contributed by atoms with Gasteiger partial charge in [0.1, 0.15) is 4.90 Å². The fraction of sp³-hybridized carbons (Fsp3) is 0.556. The molecule has 0 unspecified atom stereocenters. The topological polar surface area (TPSA) is 110 Å². The van der Waals surface area contributed by atoms with E-state index in [0.717, 1.165) is 17.1 Å². The third-order valence-electron chi connectivity index (χ3n) is 5.37. The molecule has 2 heterocycles. The lowest BCUT2D eigenvalue weighted by Crippen LogP contribution is -2.51. The minimum Gasteiger partial charge on any atom is -0.383 e. The van der Waals surface area contributed by atoms with Gasteiger partial charge in [0.2, 0.25) is 0 Å².